The summed E-state index contributed by atoms with van der Waals surface area (Å²) in [6, 6.07) is 0. The van der Waals surface area contributed by atoms with Gasteiger partial charge in [0.15, 0.2) is 0 Å². The van der Waals surface area contributed by atoms with Crippen LogP contribution in [0.3, 0.4) is 0 Å². The number of rotatable bonds is 0. The van der Waals surface area contributed by atoms with Crippen LogP contribution in [0.25, 0.3) is 0 Å². The highest BCUT2D eigenvalue weighted by atomic mass is 14.4. The standard InChI is InChI=1S/C3H6.2C2H6.CH5N/c1-3-2;3*1-2/h3H,1H2,2H3;2*1-2H3;2H2,1H3. The van der Waals surface area contributed by atoms with Crippen LogP contribution in [0.4, 0.5) is 0 Å². The first-order chi connectivity index (χ1) is 4.41. The Bertz CT molecular complexity index is 12.0. The third kappa shape index (κ3) is 2780. The minimum atomic E-state index is 1.50. The van der Waals surface area contributed by atoms with Gasteiger partial charge >= 0.3 is 0 Å². The molecule has 0 aromatic carbocycles. The molecule has 2 N–H and O–H groups in total. The maximum Gasteiger partial charge on any atom is -0.0195 e. The molecule has 0 amide bonds. The molecule has 0 atom stereocenters. The molecule has 0 aliphatic carbocycles. The molecule has 9 heavy (non-hydrogen) atoms. The highest BCUT2D eigenvalue weighted by Crippen LogP contribution is 1.38. The average Bonchev–Trinajstić information content (AvgIpc) is 2.01. The molecule has 0 aromatic rings. The van der Waals surface area contributed by atoms with Crippen molar-refractivity contribution in [3.8, 4) is 0 Å². The number of hydrogen-bond donors (Lipinski definition) is 1. The Balaban J connectivity index is -0.0000000190. The van der Waals surface area contributed by atoms with Crippen LogP contribution in [-0.2, 0) is 0 Å². The van der Waals surface area contributed by atoms with Crippen LogP contribution in [0, 0.1) is 0 Å². The molecule has 0 aromatic heterocycles. The molecule has 0 fully saturated rings. The Morgan fingerprint density at radius 2 is 1.00 bits per heavy atom. The Morgan fingerprint density at radius 1 is 1.00 bits per heavy atom. The molecule has 1 heteroatoms. The zero-order valence-corrected chi connectivity index (χ0v) is 7.86. The van der Waals surface area contributed by atoms with E-state index in [1.165, 1.54) is 7.05 Å². The van der Waals surface area contributed by atoms with Crippen LogP contribution in [-0.4, -0.2) is 7.05 Å². The third-order valence-corrected chi connectivity index (χ3v) is 0. The number of nitrogens with two attached hydrogens (primary N) is 1. The van der Waals surface area contributed by atoms with Crippen LogP contribution in [0.5, 0.6) is 0 Å². The van der Waals surface area contributed by atoms with Gasteiger partial charge in [-0.1, -0.05) is 33.8 Å². The van der Waals surface area contributed by atoms with Gasteiger partial charge in [-0.25, -0.2) is 0 Å². The van der Waals surface area contributed by atoms with Gasteiger partial charge in [0.05, 0.1) is 0 Å². The van der Waals surface area contributed by atoms with Crippen molar-refractivity contribution in [1.82, 2.24) is 0 Å². The first kappa shape index (κ1) is 23.4. The van der Waals surface area contributed by atoms with E-state index in [1.54, 1.807) is 6.08 Å². The van der Waals surface area contributed by atoms with E-state index in [9.17, 15) is 0 Å². The summed E-state index contributed by atoms with van der Waals surface area (Å²) in [5, 5.41) is 0. The quantitative estimate of drug-likeness (QED) is 0.505. The maximum atomic E-state index is 4.50. The molecule has 0 spiro atoms. The van der Waals surface area contributed by atoms with E-state index >= 15 is 0 Å². The Morgan fingerprint density at radius 3 is 1.00 bits per heavy atom. The van der Waals surface area contributed by atoms with Gasteiger partial charge in [-0.2, -0.15) is 0 Å². The van der Waals surface area contributed by atoms with Gasteiger partial charge in [0.25, 0.3) is 0 Å². The van der Waals surface area contributed by atoms with E-state index in [0.717, 1.165) is 0 Å². The SMILES string of the molecule is C=CC.CC.CC.CN. The molecule has 0 aliphatic heterocycles. The van der Waals surface area contributed by atoms with Gasteiger partial charge in [0.1, 0.15) is 0 Å². The van der Waals surface area contributed by atoms with Gasteiger partial charge < -0.3 is 5.73 Å². The summed E-state index contributed by atoms with van der Waals surface area (Å²) in [7, 11) is 1.50. The smallest absolute Gasteiger partial charge is 0.0195 e. The van der Waals surface area contributed by atoms with Crippen LogP contribution >= 0.6 is 0 Å². The lowest BCUT2D eigenvalue weighted by atomic mass is 10.8. The fourth-order valence-electron chi connectivity index (χ4n) is 0. The van der Waals surface area contributed by atoms with Crippen molar-refractivity contribution in [3.63, 3.8) is 0 Å². The molecule has 0 saturated carbocycles. The van der Waals surface area contributed by atoms with Crippen molar-refractivity contribution in [2.75, 3.05) is 7.05 Å². The summed E-state index contributed by atoms with van der Waals surface area (Å²) in [6.45, 7) is 13.2. The fraction of sp³-hybridized carbons (Fsp3) is 0.750. The van der Waals surface area contributed by atoms with Crippen molar-refractivity contribution >= 4 is 0 Å². The number of hydrogen-bond acceptors (Lipinski definition) is 1. The van der Waals surface area contributed by atoms with Crippen LogP contribution < -0.4 is 5.73 Å². The lowest BCUT2D eigenvalue weighted by molar-refractivity contribution is 1.48. The van der Waals surface area contributed by atoms with Crippen LogP contribution in [0.15, 0.2) is 12.7 Å². The largest absolute Gasteiger partial charge is 0.333 e. The number of allylic oxidation sites excluding steroid dienone is 1. The molecule has 0 aliphatic rings. The van der Waals surface area contributed by atoms with E-state index in [4.69, 9.17) is 0 Å². The zero-order chi connectivity index (χ0) is 8.71. The summed E-state index contributed by atoms with van der Waals surface area (Å²) in [5.41, 5.74) is 4.50. The first-order valence-electron chi connectivity index (χ1n) is 3.56. The van der Waals surface area contributed by atoms with Crippen molar-refractivity contribution in [3.05, 3.63) is 12.7 Å². The first-order valence-corrected chi connectivity index (χ1v) is 3.56. The average molecular weight is 133 g/mol. The monoisotopic (exact) mass is 133 g/mol. The van der Waals surface area contributed by atoms with E-state index in [-0.39, 0.29) is 0 Å². The summed E-state index contributed by atoms with van der Waals surface area (Å²) in [5.74, 6) is 0. The van der Waals surface area contributed by atoms with Gasteiger partial charge in [-0.05, 0) is 14.0 Å². The Kier molecular flexibility index (Phi) is 1830. The highest BCUT2D eigenvalue weighted by molar-refractivity contribution is 4.51. The van der Waals surface area contributed by atoms with Gasteiger partial charge in [0, 0.05) is 0 Å². The second-order valence-electron chi connectivity index (χ2n) is 0.408. The van der Waals surface area contributed by atoms with Gasteiger partial charge in [-0.3, -0.25) is 0 Å². The Labute approximate surface area is 61.0 Å². The summed E-state index contributed by atoms with van der Waals surface area (Å²) in [4.78, 5) is 0. The lowest BCUT2D eigenvalue weighted by Gasteiger charge is -1.31. The third-order valence-electron chi connectivity index (χ3n) is 0. The molecule has 0 rings (SSSR count). The van der Waals surface area contributed by atoms with E-state index in [0.29, 0.717) is 0 Å². The van der Waals surface area contributed by atoms with Crippen LogP contribution in [0.1, 0.15) is 34.6 Å². The molecular weight excluding hydrogens is 110 g/mol. The van der Waals surface area contributed by atoms with E-state index in [1.807, 2.05) is 34.6 Å². The summed E-state index contributed by atoms with van der Waals surface area (Å²) >= 11 is 0. The lowest BCUT2D eigenvalue weighted by Crippen LogP contribution is -1.69. The molecule has 60 valence electrons. The Hall–Kier alpha value is -0.300. The summed E-state index contributed by atoms with van der Waals surface area (Å²) in [6.07, 6.45) is 1.75. The van der Waals surface area contributed by atoms with Gasteiger partial charge in [-0.15, -0.1) is 6.58 Å². The van der Waals surface area contributed by atoms with Crippen molar-refractivity contribution in [1.29, 1.82) is 0 Å². The second-order valence-corrected chi connectivity index (χ2v) is 0.408. The minimum Gasteiger partial charge on any atom is -0.333 e. The van der Waals surface area contributed by atoms with Gasteiger partial charge in [0.2, 0.25) is 0 Å². The van der Waals surface area contributed by atoms with E-state index < -0.39 is 0 Å². The normalized spacial score (nSPS) is 3.44. The maximum absolute atomic E-state index is 4.50. The topological polar surface area (TPSA) is 26.0 Å². The molecule has 1 nitrogen and oxygen atoms in total. The van der Waals surface area contributed by atoms with Crippen LogP contribution in [0.2, 0.25) is 0 Å². The second kappa shape index (κ2) is 705. The predicted molar refractivity (Wildman–Crippen MR) is 48.7 cm³/mol. The van der Waals surface area contributed by atoms with Crippen molar-refractivity contribution in [2.45, 2.75) is 34.6 Å². The van der Waals surface area contributed by atoms with Crippen molar-refractivity contribution in [2.24, 2.45) is 5.73 Å². The fourth-order valence-corrected chi connectivity index (χ4v) is 0. The zero-order valence-electron chi connectivity index (χ0n) is 7.86. The highest BCUT2D eigenvalue weighted by Gasteiger charge is 1.15. The molecule has 0 unspecified atom stereocenters. The van der Waals surface area contributed by atoms with Crippen molar-refractivity contribution < 1.29 is 0 Å². The molecule has 0 saturated heterocycles. The molecule has 0 heterocycles. The minimum absolute atomic E-state index is 1.50. The molecule has 0 bridgehead atoms. The van der Waals surface area contributed by atoms with E-state index in [2.05, 4.69) is 12.3 Å². The molecule has 0 radical (unpaired) electrons. The summed E-state index contributed by atoms with van der Waals surface area (Å²) < 4.78 is 0. The molecular formula is C8H23N. The predicted octanol–water partition coefficient (Wildman–Crippen LogP) is 2.82.